The first-order chi connectivity index (χ1) is 15.1. The van der Waals surface area contributed by atoms with Gasteiger partial charge in [-0.2, -0.15) is 0 Å². The van der Waals surface area contributed by atoms with E-state index in [0.717, 1.165) is 6.20 Å². The predicted molar refractivity (Wildman–Crippen MR) is 114 cm³/mol. The number of aromatic amines is 1. The fraction of sp³-hybridized carbons (Fsp3) is 0.294. The standard InChI is InChI=1S/C10H10N6O2.C7H10ClN3O3/c1-15-8(13-6-9(15)16(17)18)3-2-7-4-5-12-10(11)14-7;1-5-9-3-7(11(13)14)10(5)4-6(12)2-8/h2-6H,1H3,(H2,11,12,14);3,6,12H,2,4H2,1H3/b3-2+;. The summed E-state index contributed by atoms with van der Waals surface area (Å²) in [7, 11) is 1.56. The Labute approximate surface area is 185 Å². The molecule has 0 bridgehead atoms. The predicted octanol–water partition coefficient (Wildman–Crippen LogP) is 1.40. The molecule has 0 aliphatic carbocycles. The van der Waals surface area contributed by atoms with Crippen molar-refractivity contribution >= 4 is 35.4 Å². The second-order valence-electron chi connectivity index (χ2n) is 6.33. The molecule has 0 saturated heterocycles. The van der Waals surface area contributed by atoms with Crippen molar-refractivity contribution in [3.8, 4) is 0 Å². The third-order valence-corrected chi connectivity index (χ3v) is 4.45. The van der Waals surface area contributed by atoms with Gasteiger partial charge < -0.3 is 30.3 Å². The first kappa shape index (κ1) is 24.4. The van der Waals surface area contributed by atoms with Crippen LogP contribution in [0.1, 0.15) is 17.3 Å². The maximum absolute atomic E-state index is 10.6. The molecule has 1 atom stereocenters. The number of alkyl halides is 1. The lowest BCUT2D eigenvalue weighted by Gasteiger charge is -2.06. The minimum atomic E-state index is -0.803. The van der Waals surface area contributed by atoms with Gasteiger partial charge in [-0.1, -0.05) is 0 Å². The molecule has 0 fully saturated rings. The van der Waals surface area contributed by atoms with Crippen molar-refractivity contribution in [2.75, 3.05) is 5.88 Å². The molecule has 170 valence electrons. The number of aliphatic hydroxyl groups excluding tert-OH is 1. The summed E-state index contributed by atoms with van der Waals surface area (Å²) in [6, 6.07) is 1.69. The Morgan fingerprint density at radius 3 is 2.47 bits per heavy atom. The van der Waals surface area contributed by atoms with Crippen molar-refractivity contribution in [2.45, 2.75) is 19.6 Å². The number of aliphatic hydroxyl groups is 1. The summed E-state index contributed by atoms with van der Waals surface area (Å²) in [5.41, 5.74) is 0.618. The topological polar surface area (TPSA) is 195 Å². The van der Waals surface area contributed by atoms with Gasteiger partial charge in [0, 0.05) is 19.2 Å². The van der Waals surface area contributed by atoms with Crippen LogP contribution in [0.25, 0.3) is 12.2 Å². The molecular formula is C17H20ClN9O5. The van der Waals surface area contributed by atoms with E-state index in [2.05, 4.69) is 19.9 Å². The molecular weight excluding hydrogens is 446 g/mol. The number of H-pyrrole nitrogens is 1. The van der Waals surface area contributed by atoms with Crippen molar-refractivity contribution < 1.29 is 15.0 Å². The Morgan fingerprint density at radius 1 is 1.25 bits per heavy atom. The summed E-state index contributed by atoms with van der Waals surface area (Å²) in [6.45, 7) is 1.72. The molecule has 32 heavy (non-hydrogen) atoms. The van der Waals surface area contributed by atoms with E-state index in [1.807, 2.05) is 0 Å². The molecule has 0 spiro atoms. The number of nitro groups is 2. The van der Waals surface area contributed by atoms with E-state index in [1.54, 1.807) is 38.4 Å². The molecule has 0 aromatic carbocycles. The molecule has 3 heterocycles. The third-order valence-electron chi connectivity index (χ3n) is 4.10. The Balaban J connectivity index is 0.000000235. The van der Waals surface area contributed by atoms with Crippen LogP contribution in [0, 0.1) is 32.6 Å². The van der Waals surface area contributed by atoms with Gasteiger partial charge in [-0.3, -0.25) is 5.41 Å². The molecule has 0 amide bonds. The highest BCUT2D eigenvalue weighted by Crippen LogP contribution is 2.15. The Morgan fingerprint density at radius 2 is 1.91 bits per heavy atom. The van der Waals surface area contributed by atoms with Crippen LogP contribution in [0.15, 0.2) is 24.7 Å². The largest absolute Gasteiger partial charge is 0.388 e. The van der Waals surface area contributed by atoms with E-state index in [0.29, 0.717) is 17.3 Å². The van der Waals surface area contributed by atoms with Crippen LogP contribution in [-0.2, 0) is 13.6 Å². The fourth-order valence-corrected chi connectivity index (χ4v) is 2.58. The van der Waals surface area contributed by atoms with E-state index in [1.165, 1.54) is 15.3 Å². The van der Waals surface area contributed by atoms with E-state index >= 15 is 0 Å². The first-order valence-electron chi connectivity index (χ1n) is 8.99. The van der Waals surface area contributed by atoms with Gasteiger partial charge in [0.15, 0.2) is 5.82 Å². The van der Waals surface area contributed by atoms with Crippen molar-refractivity contribution in [3.05, 3.63) is 67.8 Å². The lowest BCUT2D eigenvalue weighted by Crippen LogP contribution is -2.19. The van der Waals surface area contributed by atoms with Crippen LogP contribution in [-0.4, -0.2) is 56.0 Å². The van der Waals surface area contributed by atoms with E-state index in [9.17, 15) is 25.3 Å². The lowest BCUT2D eigenvalue weighted by atomic mass is 10.3. The van der Waals surface area contributed by atoms with Gasteiger partial charge in [0.1, 0.15) is 25.0 Å². The van der Waals surface area contributed by atoms with E-state index in [-0.39, 0.29) is 29.7 Å². The molecule has 0 aliphatic heterocycles. The molecule has 3 N–H and O–H groups in total. The number of aryl methyl sites for hydroxylation is 1. The summed E-state index contributed by atoms with van der Waals surface area (Å²) in [6.07, 6.45) is 6.39. The molecule has 15 heteroatoms. The van der Waals surface area contributed by atoms with Crippen molar-refractivity contribution in [2.24, 2.45) is 7.05 Å². The lowest BCUT2D eigenvalue weighted by molar-refractivity contribution is -0.392. The number of imidazole rings is 2. The molecule has 1 unspecified atom stereocenters. The number of halogens is 1. The van der Waals surface area contributed by atoms with E-state index < -0.39 is 16.0 Å². The minimum absolute atomic E-state index is 0.0365. The summed E-state index contributed by atoms with van der Waals surface area (Å²) >= 11 is 5.40. The average Bonchev–Trinajstić information content (AvgIpc) is 3.29. The number of nitrogens with zero attached hydrogens (tertiary/aromatic N) is 7. The summed E-state index contributed by atoms with van der Waals surface area (Å²) in [4.78, 5) is 34.4. The monoisotopic (exact) mass is 465 g/mol. The number of rotatable bonds is 7. The van der Waals surface area contributed by atoms with Gasteiger partial charge in [-0.25, -0.2) is 24.1 Å². The van der Waals surface area contributed by atoms with Gasteiger partial charge in [0.2, 0.25) is 11.4 Å². The fourth-order valence-electron chi connectivity index (χ4n) is 2.48. The van der Waals surface area contributed by atoms with Crippen LogP contribution in [0.2, 0.25) is 0 Å². The van der Waals surface area contributed by atoms with Gasteiger partial charge in [0.05, 0.1) is 18.6 Å². The second kappa shape index (κ2) is 10.9. The summed E-state index contributed by atoms with van der Waals surface area (Å²) in [5.74, 6) is 0.759. The van der Waals surface area contributed by atoms with Gasteiger partial charge >= 0.3 is 11.6 Å². The highest BCUT2D eigenvalue weighted by molar-refractivity contribution is 6.18. The average molecular weight is 466 g/mol. The molecule has 14 nitrogen and oxygen atoms in total. The van der Waals surface area contributed by atoms with Crippen LogP contribution in [0.3, 0.4) is 0 Å². The van der Waals surface area contributed by atoms with Gasteiger partial charge in [-0.15, -0.1) is 11.6 Å². The van der Waals surface area contributed by atoms with Crippen LogP contribution in [0.5, 0.6) is 0 Å². The maximum atomic E-state index is 10.6. The number of aromatic nitrogens is 6. The molecule has 3 aromatic heterocycles. The second-order valence-corrected chi connectivity index (χ2v) is 6.64. The molecule has 0 aliphatic rings. The summed E-state index contributed by atoms with van der Waals surface area (Å²) < 4.78 is 2.69. The van der Waals surface area contributed by atoms with Crippen LogP contribution in [0.4, 0.5) is 11.6 Å². The van der Waals surface area contributed by atoms with Crippen molar-refractivity contribution in [1.82, 2.24) is 29.1 Å². The zero-order valence-electron chi connectivity index (χ0n) is 17.0. The number of nitrogens with one attached hydrogen (secondary N) is 2. The quantitative estimate of drug-likeness (QED) is 0.264. The Kier molecular flexibility index (Phi) is 8.31. The molecule has 3 aromatic rings. The maximum Gasteiger partial charge on any atom is 0.342 e. The highest BCUT2D eigenvalue weighted by atomic mass is 35.5. The minimum Gasteiger partial charge on any atom is -0.388 e. The highest BCUT2D eigenvalue weighted by Gasteiger charge is 2.19. The van der Waals surface area contributed by atoms with Crippen molar-refractivity contribution in [1.29, 1.82) is 5.41 Å². The smallest absolute Gasteiger partial charge is 0.342 e. The third kappa shape index (κ3) is 6.29. The SMILES string of the molecule is Cc1ncc([N+](=O)[O-])n1CC(O)CCl.Cn1c([N+](=O)[O-])cnc1/C=C/c1cc[nH]c(=N)n1. The van der Waals surface area contributed by atoms with Gasteiger partial charge in [-0.05, 0) is 22.0 Å². The van der Waals surface area contributed by atoms with Gasteiger partial charge in [0.25, 0.3) is 0 Å². The molecule has 0 saturated carbocycles. The van der Waals surface area contributed by atoms with E-state index in [4.69, 9.17) is 17.0 Å². The first-order valence-corrected chi connectivity index (χ1v) is 9.52. The Hall–Kier alpha value is -3.91. The normalized spacial score (nSPS) is 11.8. The zero-order valence-corrected chi connectivity index (χ0v) is 17.8. The molecule has 3 rings (SSSR count). The van der Waals surface area contributed by atoms with Crippen molar-refractivity contribution in [3.63, 3.8) is 0 Å². The number of hydrogen-bond donors (Lipinski definition) is 3. The molecule has 0 radical (unpaired) electrons. The number of hydrogen-bond acceptors (Lipinski definition) is 9. The van der Waals surface area contributed by atoms with Crippen LogP contribution < -0.4 is 5.62 Å². The van der Waals surface area contributed by atoms with Crippen LogP contribution >= 0.6 is 11.6 Å². The Bertz CT molecular complexity index is 1180. The zero-order chi connectivity index (χ0) is 23.8. The summed E-state index contributed by atoms with van der Waals surface area (Å²) in [5, 5.41) is 37.7.